The number of pyridine rings is 1. The zero-order chi connectivity index (χ0) is 14.3. The number of hydrogen-bond donors (Lipinski definition) is 1. The molecule has 1 aliphatic rings. The number of rotatable bonds is 1. The van der Waals surface area contributed by atoms with Gasteiger partial charge in [0.1, 0.15) is 23.3 Å². The number of furan rings is 1. The van der Waals surface area contributed by atoms with Gasteiger partial charge < -0.3 is 4.42 Å². The second-order valence-electron chi connectivity index (χ2n) is 5.62. The lowest BCUT2D eigenvalue weighted by molar-refractivity contribution is -0.375. The Morgan fingerprint density at radius 1 is 1.45 bits per heavy atom. The molecule has 0 unspecified atom stereocenters. The molecule has 3 rings (SSSR count). The van der Waals surface area contributed by atoms with Gasteiger partial charge in [0, 0.05) is 12.0 Å². The lowest BCUT2D eigenvalue weighted by Crippen LogP contribution is -2.26. The Bertz CT molecular complexity index is 709. The van der Waals surface area contributed by atoms with Gasteiger partial charge in [-0.3, -0.25) is 5.73 Å². The first-order valence-electron chi connectivity index (χ1n) is 6.93. The van der Waals surface area contributed by atoms with Crippen molar-refractivity contribution in [2.45, 2.75) is 33.1 Å². The molecule has 3 N–H and O–H groups in total. The number of fused-ring (bicyclic) bond motifs is 1. The highest BCUT2D eigenvalue weighted by Gasteiger charge is 2.28. The number of hydrogen-bond acceptors (Lipinski definition) is 3. The summed E-state index contributed by atoms with van der Waals surface area (Å²) in [5.41, 5.74) is 9.71. The summed E-state index contributed by atoms with van der Waals surface area (Å²) in [6, 6.07) is 6.06. The monoisotopic (exact) mass is 268 g/mol. The number of aromatic amines is 1. The fourth-order valence-electron chi connectivity index (χ4n) is 2.97. The molecule has 102 valence electrons. The summed E-state index contributed by atoms with van der Waals surface area (Å²) < 4.78 is 5.75. The first-order valence-corrected chi connectivity index (χ1v) is 6.93. The predicted octanol–water partition coefficient (Wildman–Crippen LogP) is 2.65. The average molecular weight is 268 g/mol. The van der Waals surface area contributed by atoms with Crippen LogP contribution in [0.2, 0.25) is 0 Å². The highest BCUT2D eigenvalue weighted by molar-refractivity contribution is 5.74. The van der Waals surface area contributed by atoms with Crippen molar-refractivity contribution < 1.29 is 9.40 Å². The number of aromatic nitrogens is 1. The van der Waals surface area contributed by atoms with E-state index < -0.39 is 0 Å². The van der Waals surface area contributed by atoms with Crippen molar-refractivity contribution in [2.24, 2.45) is 5.92 Å². The van der Waals surface area contributed by atoms with Crippen LogP contribution in [-0.2, 0) is 12.8 Å². The molecular weight excluding hydrogens is 250 g/mol. The predicted molar refractivity (Wildman–Crippen MR) is 75.8 cm³/mol. The highest BCUT2D eigenvalue weighted by Crippen LogP contribution is 2.36. The number of anilines is 1. The molecule has 2 heterocycles. The number of aryl methyl sites for hydroxylation is 2. The van der Waals surface area contributed by atoms with Crippen LogP contribution in [0.1, 0.15) is 35.9 Å². The maximum atomic E-state index is 9.44. The first-order chi connectivity index (χ1) is 9.60. The van der Waals surface area contributed by atoms with Gasteiger partial charge in [-0.05, 0) is 37.8 Å². The van der Waals surface area contributed by atoms with E-state index in [1.807, 2.05) is 19.1 Å². The third kappa shape index (κ3) is 1.96. The van der Waals surface area contributed by atoms with E-state index in [4.69, 9.17) is 10.2 Å². The topological polar surface area (TPSA) is 77.1 Å². The van der Waals surface area contributed by atoms with Crippen molar-refractivity contribution in [1.82, 2.24) is 0 Å². The van der Waals surface area contributed by atoms with Crippen molar-refractivity contribution in [1.29, 1.82) is 5.26 Å². The van der Waals surface area contributed by atoms with Crippen LogP contribution < -0.4 is 10.7 Å². The number of nitrogens with zero attached hydrogens (tertiary/aromatic N) is 1. The maximum Gasteiger partial charge on any atom is 0.289 e. The summed E-state index contributed by atoms with van der Waals surface area (Å²) in [4.78, 5) is 3.20. The number of nitrogens with one attached hydrogen (secondary N) is 1. The minimum Gasteiger partial charge on any atom is -0.461 e. The molecule has 0 fully saturated rings. The summed E-state index contributed by atoms with van der Waals surface area (Å²) in [5.74, 6) is 2.63. The van der Waals surface area contributed by atoms with Gasteiger partial charge in [-0.2, -0.15) is 5.26 Å². The minimum atomic E-state index is 0.435. The standard InChI is InChI=1S/C16H17N3O/c1-9-3-5-13-11(7-9)15(12(8-17)16(18)19-13)14-6-4-10(2)20-14/h4,6,9H,3,5,7H2,1-2H3,(H2,18,19)/p+1/t9-/m0/s1. The largest absolute Gasteiger partial charge is 0.461 e. The molecule has 0 aromatic carbocycles. The maximum absolute atomic E-state index is 9.44. The minimum absolute atomic E-state index is 0.435. The molecule has 4 nitrogen and oxygen atoms in total. The summed E-state index contributed by atoms with van der Waals surface area (Å²) in [6.07, 6.45) is 3.07. The van der Waals surface area contributed by atoms with E-state index in [-0.39, 0.29) is 0 Å². The molecule has 0 bridgehead atoms. The lowest BCUT2D eigenvalue weighted by atomic mass is 9.83. The van der Waals surface area contributed by atoms with Gasteiger partial charge in [0.25, 0.3) is 5.82 Å². The van der Waals surface area contributed by atoms with E-state index >= 15 is 0 Å². The van der Waals surface area contributed by atoms with Gasteiger partial charge in [-0.15, -0.1) is 0 Å². The molecule has 1 atom stereocenters. The Morgan fingerprint density at radius 2 is 2.25 bits per heavy atom. The summed E-state index contributed by atoms with van der Waals surface area (Å²) in [6.45, 7) is 4.14. The number of H-pyrrole nitrogens is 1. The molecule has 0 amide bonds. The number of nitriles is 1. The van der Waals surface area contributed by atoms with E-state index in [2.05, 4.69) is 18.0 Å². The quantitative estimate of drug-likeness (QED) is 0.863. The van der Waals surface area contributed by atoms with Crippen LogP contribution in [0.15, 0.2) is 16.5 Å². The smallest absolute Gasteiger partial charge is 0.289 e. The second kappa shape index (κ2) is 4.68. The Morgan fingerprint density at radius 3 is 2.90 bits per heavy atom. The van der Waals surface area contributed by atoms with E-state index in [1.54, 1.807) is 0 Å². The Labute approximate surface area is 118 Å². The fourth-order valence-corrected chi connectivity index (χ4v) is 2.97. The molecule has 2 aromatic rings. The zero-order valence-electron chi connectivity index (χ0n) is 11.8. The Balaban J connectivity index is 2.30. The molecule has 2 aromatic heterocycles. The van der Waals surface area contributed by atoms with Crippen LogP contribution in [0.5, 0.6) is 0 Å². The van der Waals surface area contributed by atoms with E-state index in [1.165, 1.54) is 5.56 Å². The summed E-state index contributed by atoms with van der Waals surface area (Å²) in [5, 5.41) is 9.44. The van der Waals surface area contributed by atoms with Crippen LogP contribution in [0.3, 0.4) is 0 Å². The van der Waals surface area contributed by atoms with Crippen molar-refractivity contribution in [2.75, 3.05) is 5.73 Å². The lowest BCUT2D eigenvalue weighted by Gasteiger charge is -2.22. The second-order valence-corrected chi connectivity index (χ2v) is 5.62. The molecule has 0 aliphatic heterocycles. The van der Waals surface area contributed by atoms with Gasteiger partial charge in [0.15, 0.2) is 5.56 Å². The van der Waals surface area contributed by atoms with Crippen molar-refractivity contribution in [3.05, 3.63) is 34.7 Å². The van der Waals surface area contributed by atoms with Crippen molar-refractivity contribution >= 4 is 5.82 Å². The van der Waals surface area contributed by atoms with Crippen LogP contribution in [0, 0.1) is 24.2 Å². The number of nitrogens with two attached hydrogens (primary N) is 1. The molecule has 0 saturated carbocycles. The SMILES string of the molecule is Cc1ccc(-c2c(C#N)c(N)[nH+]c3c2C[C@@H](C)CC3)o1. The molecule has 4 heteroatoms. The van der Waals surface area contributed by atoms with E-state index in [9.17, 15) is 5.26 Å². The Hall–Kier alpha value is -2.28. The van der Waals surface area contributed by atoms with Crippen LogP contribution >= 0.6 is 0 Å². The Kier molecular flexibility index (Phi) is 2.98. The summed E-state index contributed by atoms with van der Waals surface area (Å²) >= 11 is 0. The zero-order valence-corrected chi connectivity index (χ0v) is 11.8. The van der Waals surface area contributed by atoms with Gasteiger partial charge in [0.05, 0.1) is 5.56 Å². The van der Waals surface area contributed by atoms with Crippen molar-refractivity contribution in [3.8, 4) is 17.4 Å². The van der Waals surface area contributed by atoms with Gasteiger partial charge >= 0.3 is 0 Å². The van der Waals surface area contributed by atoms with E-state index in [0.29, 0.717) is 17.3 Å². The van der Waals surface area contributed by atoms with Gasteiger partial charge in [-0.25, -0.2) is 4.98 Å². The molecule has 0 spiro atoms. The van der Waals surface area contributed by atoms with Crippen LogP contribution in [-0.4, -0.2) is 0 Å². The molecular formula is C16H18N3O+. The van der Waals surface area contributed by atoms with Crippen LogP contribution in [0.25, 0.3) is 11.3 Å². The fraction of sp³-hybridized carbons (Fsp3) is 0.375. The molecule has 1 aliphatic carbocycles. The average Bonchev–Trinajstić information content (AvgIpc) is 2.84. The van der Waals surface area contributed by atoms with Crippen molar-refractivity contribution in [3.63, 3.8) is 0 Å². The van der Waals surface area contributed by atoms with Gasteiger partial charge in [0.2, 0.25) is 0 Å². The highest BCUT2D eigenvalue weighted by atomic mass is 16.3. The third-order valence-corrected chi connectivity index (χ3v) is 4.01. The van der Waals surface area contributed by atoms with Crippen LogP contribution in [0.4, 0.5) is 5.82 Å². The molecule has 0 radical (unpaired) electrons. The number of nitrogen functional groups attached to an aromatic ring is 1. The third-order valence-electron chi connectivity index (χ3n) is 4.01. The normalized spacial score (nSPS) is 17.6. The first kappa shape index (κ1) is 12.7. The van der Waals surface area contributed by atoms with E-state index in [0.717, 1.165) is 42.0 Å². The van der Waals surface area contributed by atoms with Gasteiger partial charge in [-0.1, -0.05) is 6.92 Å². The summed E-state index contributed by atoms with van der Waals surface area (Å²) in [7, 11) is 0. The molecule has 0 saturated heterocycles. The molecule has 20 heavy (non-hydrogen) atoms.